The number of hydrogen-bond donors (Lipinski definition) is 1. The highest BCUT2D eigenvalue weighted by Gasteiger charge is 1.95. The minimum absolute atomic E-state index is 0.884. The average molecular weight is 192 g/mol. The van der Waals surface area contributed by atoms with Gasteiger partial charge in [-0.15, -0.1) is 0 Å². The Bertz CT molecular complexity index is 166. The van der Waals surface area contributed by atoms with Gasteiger partial charge in [0.2, 0.25) is 0 Å². The lowest BCUT2D eigenvalue weighted by atomic mass is 10.1. The summed E-state index contributed by atoms with van der Waals surface area (Å²) < 4.78 is 14.7. The van der Waals surface area contributed by atoms with E-state index in [0.29, 0.717) is 0 Å². The lowest BCUT2D eigenvalue weighted by Gasteiger charge is -2.02. The molecule has 0 aliphatic rings. The van der Waals surface area contributed by atoms with E-state index in [1.165, 1.54) is 6.26 Å². The van der Waals surface area contributed by atoms with E-state index in [9.17, 15) is 4.57 Å². The Morgan fingerprint density at radius 2 is 2.25 bits per heavy atom. The van der Waals surface area contributed by atoms with E-state index >= 15 is 0 Å². The van der Waals surface area contributed by atoms with Crippen molar-refractivity contribution in [1.29, 1.82) is 0 Å². The van der Waals surface area contributed by atoms with E-state index in [1.54, 1.807) is 0 Å². The molecule has 0 saturated heterocycles. The highest BCUT2D eigenvalue weighted by atomic mass is 31.1. The Morgan fingerprint density at radius 3 is 2.67 bits per heavy atom. The van der Waals surface area contributed by atoms with Crippen molar-refractivity contribution < 1.29 is 14.0 Å². The van der Waals surface area contributed by atoms with Gasteiger partial charge in [-0.25, -0.2) is 4.57 Å². The third-order valence-corrected chi connectivity index (χ3v) is 1.95. The first-order chi connectivity index (χ1) is 5.70. The Labute approximate surface area is 74.4 Å². The SMILES string of the molecule is CCCCC(=CO[PH](=O)O)CC. The van der Waals surface area contributed by atoms with E-state index < -0.39 is 8.25 Å². The molecule has 12 heavy (non-hydrogen) atoms. The highest BCUT2D eigenvalue weighted by Crippen LogP contribution is 2.19. The van der Waals surface area contributed by atoms with Gasteiger partial charge in [0.1, 0.15) is 0 Å². The predicted molar refractivity (Wildman–Crippen MR) is 50.2 cm³/mol. The first kappa shape index (κ1) is 11.7. The molecule has 0 radical (unpaired) electrons. The maximum atomic E-state index is 10.2. The molecule has 0 aromatic heterocycles. The summed E-state index contributed by atoms with van der Waals surface area (Å²) in [6, 6.07) is 0. The molecule has 0 aromatic rings. The fourth-order valence-corrected chi connectivity index (χ4v) is 1.12. The molecular weight excluding hydrogens is 175 g/mol. The minimum atomic E-state index is -2.79. The smallest absolute Gasteiger partial charge is 0.364 e. The van der Waals surface area contributed by atoms with Gasteiger partial charge in [-0.2, -0.15) is 0 Å². The largest absolute Gasteiger partial charge is 0.434 e. The van der Waals surface area contributed by atoms with E-state index in [0.717, 1.165) is 31.3 Å². The van der Waals surface area contributed by atoms with Crippen LogP contribution in [0.25, 0.3) is 0 Å². The van der Waals surface area contributed by atoms with Gasteiger partial charge in [0.15, 0.2) is 0 Å². The van der Waals surface area contributed by atoms with Gasteiger partial charge in [-0.3, -0.25) is 0 Å². The van der Waals surface area contributed by atoms with Gasteiger partial charge < -0.3 is 9.42 Å². The van der Waals surface area contributed by atoms with Crippen LogP contribution < -0.4 is 0 Å². The van der Waals surface area contributed by atoms with Crippen LogP contribution in [0.3, 0.4) is 0 Å². The van der Waals surface area contributed by atoms with Gasteiger partial charge >= 0.3 is 8.25 Å². The van der Waals surface area contributed by atoms with Crippen LogP contribution >= 0.6 is 8.25 Å². The van der Waals surface area contributed by atoms with Gasteiger partial charge in [-0.05, 0) is 24.8 Å². The van der Waals surface area contributed by atoms with Crippen molar-refractivity contribution >= 4 is 8.25 Å². The molecule has 72 valence electrons. The maximum Gasteiger partial charge on any atom is 0.364 e. The van der Waals surface area contributed by atoms with Gasteiger partial charge in [0, 0.05) is 0 Å². The second-order valence-electron chi connectivity index (χ2n) is 2.62. The zero-order valence-corrected chi connectivity index (χ0v) is 8.67. The van der Waals surface area contributed by atoms with Crippen molar-refractivity contribution in [3.8, 4) is 0 Å². The molecule has 0 spiro atoms. The number of allylic oxidation sites excluding steroid dienone is 1. The zero-order chi connectivity index (χ0) is 9.40. The highest BCUT2D eigenvalue weighted by molar-refractivity contribution is 7.32. The van der Waals surface area contributed by atoms with Crippen LogP contribution in [0.2, 0.25) is 0 Å². The summed E-state index contributed by atoms with van der Waals surface area (Å²) >= 11 is 0. The number of unbranched alkanes of at least 4 members (excludes halogenated alkanes) is 1. The Morgan fingerprint density at radius 1 is 1.58 bits per heavy atom. The summed E-state index contributed by atoms with van der Waals surface area (Å²) in [6.07, 6.45) is 5.51. The van der Waals surface area contributed by atoms with Crippen LogP contribution in [-0.4, -0.2) is 4.89 Å². The molecule has 1 N–H and O–H groups in total. The summed E-state index contributed by atoms with van der Waals surface area (Å²) in [5, 5.41) is 0. The quantitative estimate of drug-likeness (QED) is 0.520. The van der Waals surface area contributed by atoms with Crippen LogP contribution in [0, 0.1) is 0 Å². The monoisotopic (exact) mass is 192 g/mol. The lowest BCUT2D eigenvalue weighted by molar-refractivity contribution is 0.374. The molecule has 0 saturated carbocycles. The Hall–Kier alpha value is -0.270. The fourth-order valence-electron chi connectivity index (χ4n) is 0.857. The average Bonchev–Trinajstić information content (AvgIpc) is 2.05. The topological polar surface area (TPSA) is 46.5 Å². The molecule has 0 fully saturated rings. The van der Waals surface area contributed by atoms with E-state index in [-0.39, 0.29) is 0 Å². The molecule has 1 unspecified atom stereocenters. The summed E-state index contributed by atoms with van der Waals surface area (Å²) in [5.41, 5.74) is 1.10. The van der Waals surface area contributed by atoms with Gasteiger partial charge in [0.05, 0.1) is 6.26 Å². The van der Waals surface area contributed by atoms with Crippen molar-refractivity contribution in [1.82, 2.24) is 0 Å². The standard InChI is InChI=1S/C8H17O3P/c1-3-5-6-8(4-2)7-11-12(9)10/h7,12H,3-6H2,1-2H3,(H,9,10). The second-order valence-corrected chi connectivity index (χ2v) is 3.38. The van der Waals surface area contributed by atoms with Crippen molar-refractivity contribution in [3.63, 3.8) is 0 Å². The fraction of sp³-hybridized carbons (Fsp3) is 0.750. The summed E-state index contributed by atoms with van der Waals surface area (Å²) in [4.78, 5) is 8.40. The van der Waals surface area contributed by atoms with Crippen molar-refractivity contribution in [2.45, 2.75) is 39.5 Å². The van der Waals surface area contributed by atoms with Crippen LogP contribution in [0.5, 0.6) is 0 Å². The zero-order valence-electron chi connectivity index (χ0n) is 7.67. The minimum Gasteiger partial charge on any atom is -0.434 e. The molecule has 0 aliphatic carbocycles. The Balaban J connectivity index is 3.78. The third-order valence-electron chi connectivity index (χ3n) is 1.63. The molecule has 1 atom stereocenters. The molecule has 4 heteroatoms. The lowest BCUT2D eigenvalue weighted by Crippen LogP contribution is -1.82. The first-order valence-electron chi connectivity index (χ1n) is 4.28. The van der Waals surface area contributed by atoms with Crippen molar-refractivity contribution in [3.05, 3.63) is 11.8 Å². The normalized spacial score (nSPS) is 14.4. The van der Waals surface area contributed by atoms with E-state index in [2.05, 4.69) is 11.4 Å². The molecule has 0 rings (SSSR count). The van der Waals surface area contributed by atoms with Crippen LogP contribution in [0.4, 0.5) is 0 Å². The van der Waals surface area contributed by atoms with Crippen LogP contribution in [0.1, 0.15) is 39.5 Å². The molecule has 0 amide bonds. The molecular formula is C8H17O3P. The third kappa shape index (κ3) is 6.44. The van der Waals surface area contributed by atoms with E-state index in [1.807, 2.05) is 6.92 Å². The molecule has 0 aliphatic heterocycles. The number of hydrogen-bond acceptors (Lipinski definition) is 2. The van der Waals surface area contributed by atoms with Crippen LogP contribution in [-0.2, 0) is 9.09 Å². The van der Waals surface area contributed by atoms with Crippen molar-refractivity contribution in [2.24, 2.45) is 0 Å². The van der Waals surface area contributed by atoms with Gasteiger partial charge in [0.25, 0.3) is 0 Å². The first-order valence-corrected chi connectivity index (χ1v) is 5.54. The Kier molecular flexibility index (Phi) is 7.22. The molecule has 0 heterocycles. The summed E-state index contributed by atoms with van der Waals surface area (Å²) in [7, 11) is -2.79. The van der Waals surface area contributed by atoms with Crippen LogP contribution in [0.15, 0.2) is 11.8 Å². The maximum absolute atomic E-state index is 10.2. The molecule has 3 nitrogen and oxygen atoms in total. The summed E-state index contributed by atoms with van der Waals surface area (Å²) in [5.74, 6) is 0. The van der Waals surface area contributed by atoms with Gasteiger partial charge in [-0.1, -0.05) is 20.3 Å². The predicted octanol–water partition coefficient (Wildman–Crippen LogP) is 2.87. The molecule has 0 aromatic carbocycles. The second kappa shape index (κ2) is 7.38. The van der Waals surface area contributed by atoms with E-state index in [4.69, 9.17) is 4.89 Å². The van der Waals surface area contributed by atoms with Crippen molar-refractivity contribution in [2.75, 3.05) is 0 Å². The summed E-state index contributed by atoms with van der Waals surface area (Å²) in [6.45, 7) is 4.13. The molecule has 0 bridgehead atoms. The number of rotatable bonds is 6.